The van der Waals surface area contributed by atoms with Gasteiger partial charge in [0.05, 0.1) is 27.4 Å². The van der Waals surface area contributed by atoms with E-state index in [-0.39, 0.29) is 11.9 Å². The van der Waals surface area contributed by atoms with Crippen LogP contribution in [0.3, 0.4) is 0 Å². The van der Waals surface area contributed by atoms with Gasteiger partial charge in [0.15, 0.2) is 0 Å². The van der Waals surface area contributed by atoms with Crippen LogP contribution in [-0.2, 0) is 20.9 Å². The van der Waals surface area contributed by atoms with Gasteiger partial charge in [0, 0.05) is 18.1 Å². The Bertz CT molecular complexity index is 557. The molecule has 1 aliphatic rings. The molecule has 6 nitrogen and oxygen atoms in total. The van der Waals surface area contributed by atoms with Gasteiger partial charge in [0.25, 0.3) is 0 Å². The van der Waals surface area contributed by atoms with E-state index in [0.717, 1.165) is 5.56 Å². The van der Waals surface area contributed by atoms with Gasteiger partial charge in [0.2, 0.25) is 5.91 Å². The Kier molecular flexibility index (Phi) is 5.25. The van der Waals surface area contributed by atoms with Gasteiger partial charge in [0.1, 0.15) is 17.5 Å². The fourth-order valence-electron chi connectivity index (χ4n) is 2.58. The second-order valence-corrected chi connectivity index (χ2v) is 5.01. The van der Waals surface area contributed by atoms with Crippen LogP contribution in [0.2, 0.25) is 0 Å². The summed E-state index contributed by atoms with van der Waals surface area (Å²) < 4.78 is 15.6. The summed E-state index contributed by atoms with van der Waals surface area (Å²) in [4.78, 5) is 25.6. The van der Waals surface area contributed by atoms with Gasteiger partial charge in [-0.1, -0.05) is 0 Å². The molecule has 0 aliphatic carbocycles. The standard InChI is InChI=1S/C16H21NO5/c1-4-22-16(19)13-7-8-15(18)17(13)10-11-5-6-12(20-2)9-14(11)21-3/h5-6,9,13H,4,7-8,10H2,1-3H3/t13-/m0/s1. The van der Waals surface area contributed by atoms with Crippen molar-refractivity contribution in [1.82, 2.24) is 4.90 Å². The Morgan fingerprint density at radius 2 is 2.09 bits per heavy atom. The number of rotatable bonds is 6. The third-order valence-corrected chi connectivity index (χ3v) is 3.72. The Labute approximate surface area is 129 Å². The van der Waals surface area contributed by atoms with Crippen LogP contribution >= 0.6 is 0 Å². The van der Waals surface area contributed by atoms with Crippen LogP contribution in [0.15, 0.2) is 18.2 Å². The molecule has 1 atom stereocenters. The molecular weight excluding hydrogens is 286 g/mol. The SMILES string of the molecule is CCOC(=O)[C@@H]1CCC(=O)N1Cc1ccc(OC)cc1OC. The van der Waals surface area contributed by atoms with Crippen LogP contribution in [0.5, 0.6) is 11.5 Å². The summed E-state index contributed by atoms with van der Waals surface area (Å²) in [6, 6.07) is 4.89. The lowest BCUT2D eigenvalue weighted by Crippen LogP contribution is -2.39. The molecule has 0 unspecified atom stereocenters. The predicted molar refractivity (Wildman–Crippen MR) is 79.8 cm³/mol. The molecule has 1 aromatic rings. The van der Waals surface area contributed by atoms with Gasteiger partial charge in [-0.25, -0.2) is 4.79 Å². The highest BCUT2D eigenvalue weighted by molar-refractivity contribution is 5.88. The lowest BCUT2D eigenvalue weighted by Gasteiger charge is -2.24. The van der Waals surface area contributed by atoms with Gasteiger partial charge in [-0.2, -0.15) is 0 Å². The van der Waals surface area contributed by atoms with Crippen molar-refractivity contribution < 1.29 is 23.8 Å². The molecule has 6 heteroatoms. The smallest absolute Gasteiger partial charge is 0.328 e. The van der Waals surface area contributed by atoms with E-state index in [9.17, 15) is 9.59 Å². The summed E-state index contributed by atoms with van der Waals surface area (Å²) in [5, 5.41) is 0. The number of nitrogens with zero attached hydrogens (tertiary/aromatic N) is 1. The van der Waals surface area contributed by atoms with Crippen LogP contribution in [0, 0.1) is 0 Å². The molecule has 1 fully saturated rings. The predicted octanol–water partition coefficient (Wildman–Crippen LogP) is 1.76. The highest BCUT2D eigenvalue weighted by atomic mass is 16.5. The van der Waals surface area contributed by atoms with Gasteiger partial charge in [-0.15, -0.1) is 0 Å². The molecule has 0 spiro atoms. The first kappa shape index (κ1) is 16.1. The summed E-state index contributed by atoms with van der Waals surface area (Å²) >= 11 is 0. The largest absolute Gasteiger partial charge is 0.497 e. The lowest BCUT2D eigenvalue weighted by atomic mass is 10.1. The van der Waals surface area contributed by atoms with Crippen LogP contribution in [0.1, 0.15) is 25.3 Å². The van der Waals surface area contributed by atoms with Crippen molar-refractivity contribution >= 4 is 11.9 Å². The van der Waals surface area contributed by atoms with Crippen molar-refractivity contribution in [2.75, 3.05) is 20.8 Å². The topological polar surface area (TPSA) is 65.1 Å². The van der Waals surface area contributed by atoms with E-state index < -0.39 is 6.04 Å². The van der Waals surface area contributed by atoms with E-state index in [2.05, 4.69) is 0 Å². The number of ether oxygens (including phenoxy) is 3. The molecule has 0 N–H and O–H groups in total. The Morgan fingerprint density at radius 1 is 1.32 bits per heavy atom. The van der Waals surface area contributed by atoms with Gasteiger partial charge >= 0.3 is 5.97 Å². The van der Waals surface area contributed by atoms with Crippen molar-refractivity contribution in [2.24, 2.45) is 0 Å². The number of benzene rings is 1. The minimum absolute atomic E-state index is 0.0454. The molecule has 22 heavy (non-hydrogen) atoms. The van der Waals surface area contributed by atoms with Gasteiger partial charge < -0.3 is 19.1 Å². The second kappa shape index (κ2) is 7.15. The third kappa shape index (κ3) is 3.32. The maximum Gasteiger partial charge on any atom is 0.328 e. The quantitative estimate of drug-likeness (QED) is 0.749. The van der Waals surface area contributed by atoms with Crippen LogP contribution in [0.25, 0.3) is 0 Å². The number of hydrogen-bond acceptors (Lipinski definition) is 5. The molecule has 120 valence electrons. The van der Waals surface area contributed by atoms with Crippen LogP contribution in [0.4, 0.5) is 0 Å². The highest BCUT2D eigenvalue weighted by Gasteiger charge is 2.37. The van der Waals surface area contributed by atoms with Crippen molar-refractivity contribution in [2.45, 2.75) is 32.4 Å². The Hall–Kier alpha value is -2.24. The first-order valence-electron chi connectivity index (χ1n) is 7.27. The maximum atomic E-state index is 12.1. The normalized spacial score (nSPS) is 17.5. The average molecular weight is 307 g/mol. The molecule has 1 aliphatic heterocycles. The zero-order valence-corrected chi connectivity index (χ0v) is 13.1. The summed E-state index contributed by atoms with van der Waals surface area (Å²) in [7, 11) is 3.14. The van der Waals surface area contributed by atoms with Gasteiger partial charge in [-0.05, 0) is 25.5 Å². The number of amides is 1. The second-order valence-electron chi connectivity index (χ2n) is 5.01. The zero-order chi connectivity index (χ0) is 16.1. The zero-order valence-electron chi connectivity index (χ0n) is 13.1. The van der Waals surface area contributed by atoms with Crippen LogP contribution < -0.4 is 9.47 Å². The minimum Gasteiger partial charge on any atom is -0.497 e. The summed E-state index contributed by atoms with van der Waals surface area (Å²) in [5.74, 6) is 0.911. The molecule has 1 saturated heterocycles. The first-order valence-corrected chi connectivity index (χ1v) is 7.27. The first-order chi connectivity index (χ1) is 10.6. The molecule has 0 saturated carbocycles. The monoisotopic (exact) mass is 307 g/mol. The molecule has 1 heterocycles. The summed E-state index contributed by atoms with van der Waals surface area (Å²) in [6.45, 7) is 2.38. The van der Waals surface area contributed by atoms with E-state index in [1.807, 2.05) is 6.07 Å². The highest BCUT2D eigenvalue weighted by Crippen LogP contribution is 2.29. The molecule has 0 bridgehead atoms. The third-order valence-electron chi connectivity index (χ3n) is 3.72. The Balaban J connectivity index is 2.20. The fraction of sp³-hybridized carbons (Fsp3) is 0.500. The molecular formula is C16H21NO5. The van der Waals surface area contributed by atoms with E-state index in [4.69, 9.17) is 14.2 Å². The Morgan fingerprint density at radius 3 is 2.73 bits per heavy atom. The van der Waals surface area contributed by atoms with E-state index in [0.29, 0.717) is 37.5 Å². The molecule has 0 radical (unpaired) electrons. The van der Waals surface area contributed by atoms with E-state index in [1.165, 1.54) is 0 Å². The summed E-state index contributed by atoms with van der Waals surface area (Å²) in [6.07, 6.45) is 0.859. The molecule has 1 amide bonds. The average Bonchev–Trinajstić information content (AvgIpc) is 2.89. The number of esters is 1. The molecule has 1 aromatic carbocycles. The van der Waals surface area contributed by atoms with Crippen molar-refractivity contribution in [3.8, 4) is 11.5 Å². The molecule has 2 rings (SSSR count). The lowest BCUT2D eigenvalue weighted by molar-refractivity contribution is -0.151. The minimum atomic E-state index is -0.515. The van der Waals surface area contributed by atoms with Crippen molar-refractivity contribution in [3.05, 3.63) is 23.8 Å². The summed E-state index contributed by atoms with van der Waals surface area (Å²) in [5.41, 5.74) is 0.827. The molecule has 0 aromatic heterocycles. The number of methoxy groups -OCH3 is 2. The van der Waals surface area contributed by atoms with Crippen LogP contribution in [-0.4, -0.2) is 43.6 Å². The maximum absolute atomic E-state index is 12.1. The van der Waals surface area contributed by atoms with Crippen molar-refractivity contribution in [1.29, 1.82) is 0 Å². The fourth-order valence-corrected chi connectivity index (χ4v) is 2.58. The number of likely N-dealkylation sites (tertiary alicyclic amines) is 1. The van der Waals surface area contributed by atoms with E-state index in [1.54, 1.807) is 38.2 Å². The van der Waals surface area contributed by atoms with E-state index >= 15 is 0 Å². The van der Waals surface area contributed by atoms with Crippen molar-refractivity contribution in [3.63, 3.8) is 0 Å². The number of hydrogen-bond donors (Lipinski definition) is 0. The van der Waals surface area contributed by atoms with Gasteiger partial charge in [-0.3, -0.25) is 4.79 Å². The number of carbonyl (C=O) groups excluding carboxylic acids is 2. The number of carbonyl (C=O) groups is 2.